The summed E-state index contributed by atoms with van der Waals surface area (Å²) in [4.78, 5) is 2.70. The highest BCUT2D eigenvalue weighted by Gasteiger charge is 2.58. The number of aliphatic hydroxyl groups excluding tert-OH is 1. The van der Waals surface area contributed by atoms with Gasteiger partial charge in [-0.1, -0.05) is 41.5 Å². The first-order valence-corrected chi connectivity index (χ1v) is 12.2. The fourth-order valence-electron chi connectivity index (χ4n) is 6.11. The third kappa shape index (κ3) is 3.69. The van der Waals surface area contributed by atoms with Gasteiger partial charge in [0.15, 0.2) is 0 Å². The van der Waals surface area contributed by atoms with E-state index < -0.39 is 6.23 Å². The number of nitrogens with zero attached hydrogens (tertiary/aromatic N) is 1. The van der Waals surface area contributed by atoms with E-state index in [4.69, 9.17) is 0 Å². The zero-order valence-electron chi connectivity index (χ0n) is 23.0. The second kappa shape index (κ2) is 8.15. The molecule has 3 heteroatoms. The van der Waals surface area contributed by atoms with Crippen molar-refractivity contribution in [2.75, 3.05) is 13.1 Å². The first kappa shape index (κ1) is 26.4. The standard InChI is InChI=1S/C28H50N2O/c1-15-29-24(31)17(2)16-30-27(11,12)25(7,8)22-20(5)18(3)19(4)21(6)23(22)26(9,10)28(30,13)14/h17,24,29,31H,15-16H2,1-14H3. The van der Waals surface area contributed by atoms with E-state index in [1.165, 1.54) is 33.4 Å². The Morgan fingerprint density at radius 3 is 1.42 bits per heavy atom. The summed E-state index contributed by atoms with van der Waals surface area (Å²) in [6.07, 6.45) is -0.499. The van der Waals surface area contributed by atoms with Crippen molar-refractivity contribution in [2.24, 2.45) is 5.92 Å². The summed E-state index contributed by atoms with van der Waals surface area (Å²) in [5.41, 5.74) is 8.45. The predicted octanol–water partition coefficient (Wildman–Crippen LogP) is 5.91. The van der Waals surface area contributed by atoms with Crippen LogP contribution in [0.5, 0.6) is 0 Å². The van der Waals surface area contributed by atoms with Crippen molar-refractivity contribution in [3.63, 3.8) is 0 Å². The maximum absolute atomic E-state index is 10.7. The zero-order chi connectivity index (χ0) is 24.3. The van der Waals surface area contributed by atoms with Gasteiger partial charge in [0.05, 0.1) is 0 Å². The molecule has 1 aromatic carbocycles. The molecule has 0 amide bonds. The summed E-state index contributed by atoms with van der Waals surface area (Å²) in [6.45, 7) is 34.5. The highest BCUT2D eigenvalue weighted by atomic mass is 16.3. The lowest BCUT2D eigenvalue weighted by Gasteiger charge is -2.58. The van der Waals surface area contributed by atoms with Crippen molar-refractivity contribution in [1.29, 1.82) is 0 Å². The van der Waals surface area contributed by atoms with Crippen LogP contribution in [0.1, 0.15) is 103 Å². The second-order valence-corrected chi connectivity index (χ2v) is 12.2. The van der Waals surface area contributed by atoms with Crippen molar-refractivity contribution >= 4 is 0 Å². The molecule has 31 heavy (non-hydrogen) atoms. The maximum atomic E-state index is 10.7. The van der Waals surface area contributed by atoms with Crippen LogP contribution in [0, 0.1) is 33.6 Å². The van der Waals surface area contributed by atoms with Gasteiger partial charge in [-0.15, -0.1) is 0 Å². The van der Waals surface area contributed by atoms with Crippen LogP contribution in [0.4, 0.5) is 0 Å². The Morgan fingerprint density at radius 2 is 1.10 bits per heavy atom. The largest absolute Gasteiger partial charge is 0.378 e. The molecule has 0 bridgehead atoms. The van der Waals surface area contributed by atoms with Gasteiger partial charge in [0, 0.05) is 34.4 Å². The molecule has 1 aromatic rings. The lowest BCUT2D eigenvalue weighted by Crippen LogP contribution is -2.67. The predicted molar refractivity (Wildman–Crippen MR) is 135 cm³/mol. The van der Waals surface area contributed by atoms with E-state index in [-0.39, 0.29) is 27.8 Å². The first-order valence-electron chi connectivity index (χ1n) is 12.2. The average molecular weight is 431 g/mol. The van der Waals surface area contributed by atoms with E-state index in [2.05, 4.69) is 107 Å². The number of benzene rings is 1. The summed E-state index contributed by atoms with van der Waals surface area (Å²) in [6, 6.07) is 0. The number of hydrogen-bond donors (Lipinski definition) is 2. The molecule has 0 saturated heterocycles. The van der Waals surface area contributed by atoms with E-state index in [0.29, 0.717) is 0 Å². The van der Waals surface area contributed by atoms with Gasteiger partial charge in [0.1, 0.15) is 6.23 Å². The lowest BCUT2D eigenvalue weighted by molar-refractivity contribution is -0.0703. The molecule has 2 rings (SSSR count). The Hall–Kier alpha value is -0.900. The number of rotatable bonds is 5. The van der Waals surface area contributed by atoms with Gasteiger partial charge in [0.25, 0.3) is 0 Å². The molecular formula is C28H50N2O. The molecule has 0 fully saturated rings. The van der Waals surface area contributed by atoms with E-state index >= 15 is 0 Å². The zero-order valence-corrected chi connectivity index (χ0v) is 23.0. The molecule has 0 aromatic heterocycles. The van der Waals surface area contributed by atoms with E-state index in [9.17, 15) is 5.11 Å². The molecule has 3 nitrogen and oxygen atoms in total. The van der Waals surface area contributed by atoms with E-state index in [0.717, 1.165) is 13.1 Å². The Kier molecular flexibility index (Phi) is 6.93. The molecule has 0 radical (unpaired) electrons. The Labute approximate surface area is 193 Å². The molecule has 0 spiro atoms. The summed E-state index contributed by atoms with van der Waals surface area (Å²) in [7, 11) is 0. The minimum absolute atomic E-state index is 0.0659. The highest BCUT2D eigenvalue weighted by molar-refractivity contribution is 5.58. The van der Waals surface area contributed by atoms with Gasteiger partial charge in [-0.2, -0.15) is 0 Å². The van der Waals surface area contributed by atoms with Gasteiger partial charge in [-0.3, -0.25) is 10.2 Å². The molecule has 2 unspecified atom stereocenters. The van der Waals surface area contributed by atoms with E-state index in [1.807, 2.05) is 0 Å². The van der Waals surface area contributed by atoms with Crippen molar-refractivity contribution < 1.29 is 5.11 Å². The van der Waals surface area contributed by atoms with Gasteiger partial charge in [0.2, 0.25) is 0 Å². The van der Waals surface area contributed by atoms with Crippen LogP contribution in [0.25, 0.3) is 0 Å². The van der Waals surface area contributed by atoms with Crippen LogP contribution < -0.4 is 5.32 Å². The van der Waals surface area contributed by atoms with Crippen molar-refractivity contribution in [1.82, 2.24) is 10.2 Å². The molecule has 0 aliphatic carbocycles. The Bertz CT molecular complexity index is 773. The van der Waals surface area contributed by atoms with Gasteiger partial charge >= 0.3 is 0 Å². The normalized spacial score (nSPS) is 23.7. The molecule has 0 saturated carbocycles. The summed E-state index contributed by atoms with van der Waals surface area (Å²) in [5, 5.41) is 13.9. The topological polar surface area (TPSA) is 35.5 Å². The van der Waals surface area contributed by atoms with Crippen LogP contribution in [0.15, 0.2) is 0 Å². The van der Waals surface area contributed by atoms with Crippen LogP contribution in [-0.4, -0.2) is 40.4 Å². The molecule has 1 aliphatic heterocycles. The van der Waals surface area contributed by atoms with Gasteiger partial charge in [-0.25, -0.2) is 0 Å². The van der Waals surface area contributed by atoms with Crippen LogP contribution in [0.2, 0.25) is 0 Å². The fraction of sp³-hybridized carbons (Fsp3) is 0.786. The summed E-state index contributed by atoms with van der Waals surface area (Å²) >= 11 is 0. The summed E-state index contributed by atoms with van der Waals surface area (Å²) < 4.78 is 0. The summed E-state index contributed by atoms with van der Waals surface area (Å²) in [5.74, 6) is 0.122. The first-order chi connectivity index (χ1) is 13.9. The number of aliphatic hydroxyl groups is 1. The van der Waals surface area contributed by atoms with E-state index in [1.54, 1.807) is 0 Å². The Morgan fingerprint density at radius 1 is 0.742 bits per heavy atom. The van der Waals surface area contributed by atoms with Crippen LogP contribution in [0.3, 0.4) is 0 Å². The molecule has 2 N–H and O–H groups in total. The third-order valence-corrected chi connectivity index (χ3v) is 9.77. The highest BCUT2D eigenvalue weighted by Crippen LogP contribution is 2.56. The number of hydrogen-bond acceptors (Lipinski definition) is 3. The van der Waals surface area contributed by atoms with Gasteiger partial charge in [-0.05, 0) is 95.3 Å². The number of nitrogens with one attached hydrogen (secondary N) is 1. The average Bonchev–Trinajstić information content (AvgIpc) is 2.67. The molecule has 1 heterocycles. The van der Waals surface area contributed by atoms with Crippen LogP contribution in [-0.2, 0) is 10.8 Å². The maximum Gasteiger partial charge on any atom is 0.108 e. The third-order valence-electron chi connectivity index (χ3n) is 9.77. The SMILES string of the molecule is CCNC(O)C(C)CN1C(C)(C)C(C)(C)c2c(C)c(C)c(C)c(C)c2C(C)(C)C1(C)C. The quantitative estimate of drug-likeness (QED) is 0.570. The van der Waals surface area contributed by atoms with Crippen molar-refractivity contribution in [2.45, 2.75) is 125 Å². The minimum atomic E-state index is -0.499. The molecule has 178 valence electrons. The number of fused-ring (bicyclic) bond motifs is 1. The van der Waals surface area contributed by atoms with Crippen molar-refractivity contribution in [3.05, 3.63) is 33.4 Å². The second-order valence-electron chi connectivity index (χ2n) is 12.2. The molecule has 1 aliphatic rings. The lowest BCUT2D eigenvalue weighted by atomic mass is 9.62. The Balaban J connectivity index is 2.88. The van der Waals surface area contributed by atoms with Crippen molar-refractivity contribution in [3.8, 4) is 0 Å². The molecular weight excluding hydrogens is 380 g/mol. The minimum Gasteiger partial charge on any atom is -0.378 e. The molecule has 2 atom stereocenters. The smallest absolute Gasteiger partial charge is 0.108 e. The monoisotopic (exact) mass is 430 g/mol. The van der Waals surface area contributed by atoms with Crippen LogP contribution >= 0.6 is 0 Å². The van der Waals surface area contributed by atoms with Gasteiger partial charge < -0.3 is 5.11 Å². The fourth-order valence-corrected chi connectivity index (χ4v) is 6.11.